The van der Waals surface area contributed by atoms with Crippen LogP contribution in [0.5, 0.6) is 0 Å². The molecule has 0 radical (unpaired) electrons. The molecule has 3 aliphatic rings. The van der Waals surface area contributed by atoms with Crippen LogP contribution in [0.3, 0.4) is 0 Å². The molecule has 2 fully saturated rings. The summed E-state index contributed by atoms with van der Waals surface area (Å²) in [6.45, 7) is 6.20. The fraction of sp³-hybridized carbons (Fsp3) is 0.619. The Bertz CT molecular complexity index is 708. The highest BCUT2D eigenvalue weighted by Gasteiger charge is 2.33. The number of fused-ring (bicyclic) bond motifs is 1. The van der Waals surface area contributed by atoms with E-state index in [0.717, 1.165) is 56.6 Å². The zero-order valence-corrected chi connectivity index (χ0v) is 16.3. The van der Waals surface area contributed by atoms with E-state index in [2.05, 4.69) is 21.2 Å². The summed E-state index contributed by atoms with van der Waals surface area (Å²) < 4.78 is 0. The van der Waals surface area contributed by atoms with Crippen LogP contribution in [-0.2, 0) is 17.8 Å². The summed E-state index contributed by atoms with van der Waals surface area (Å²) in [6.07, 6.45) is 5.00. The third-order valence-electron chi connectivity index (χ3n) is 6.54. The molecule has 6 nitrogen and oxygen atoms in total. The largest absolute Gasteiger partial charge is 0.355 e. The third-order valence-corrected chi connectivity index (χ3v) is 6.54. The molecule has 0 unspecified atom stereocenters. The maximum absolute atomic E-state index is 12.8. The molecular weight excluding hydrogens is 340 g/mol. The summed E-state index contributed by atoms with van der Waals surface area (Å²) in [5.74, 6) is 0.272. The Hall–Kier alpha value is -1.76. The number of benzene rings is 1. The molecule has 2 amide bonds. The molecule has 0 bridgehead atoms. The van der Waals surface area contributed by atoms with Crippen molar-refractivity contribution < 1.29 is 14.5 Å². The predicted molar refractivity (Wildman–Crippen MR) is 104 cm³/mol. The maximum atomic E-state index is 12.8. The second kappa shape index (κ2) is 8.09. The van der Waals surface area contributed by atoms with Gasteiger partial charge in [0.25, 0.3) is 5.91 Å². The lowest BCUT2D eigenvalue weighted by atomic mass is 9.91. The topological polar surface area (TPSA) is 57.1 Å². The van der Waals surface area contributed by atoms with Gasteiger partial charge in [-0.15, -0.1) is 0 Å². The average Bonchev–Trinajstić information content (AvgIpc) is 2.66. The molecular formula is C21H31N4O2+. The first-order chi connectivity index (χ1) is 13.1. The van der Waals surface area contributed by atoms with Gasteiger partial charge in [0.2, 0.25) is 0 Å². The molecule has 0 aromatic heterocycles. The summed E-state index contributed by atoms with van der Waals surface area (Å²) in [6, 6.07) is 6.72. The van der Waals surface area contributed by atoms with Crippen molar-refractivity contribution in [1.29, 1.82) is 0 Å². The number of nitrogens with zero attached hydrogens (tertiary/aromatic N) is 2. The molecule has 1 aromatic carbocycles. The maximum Gasteiger partial charge on any atom is 0.326 e. The SMILES string of the molecule is CNC(=O)c1ccc2c(c1)CN(CC(=O)[NH+]1CCN(C3CCC3)CC1)CC2. The van der Waals surface area contributed by atoms with Gasteiger partial charge < -0.3 is 5.32 Å². The van der Waals surface area contributed by atoms with E-state index < -0.39 is 0 Å². The van der Waals surface area contributed by atoms with Gasteiger partial charge in [-0.2, -0.15) is 0 Å². The van der Waals surface area contributed by atoms with Crippen molar-refractivity contribution in [2.45, 2.75) is 38.3 Å². The third kappa shape index (κ3) is 4.08. The minimum Gasteiger partial charge on any atom is -0.355 e. The smallest absolute Gasteiger partial charge is 0.326 e. The van der Waals surface area contributed by atoms with Gasteiger partial charge in [-0.25, -0.2) is 4.79 Å². The Morgan fingerprint density at radius 3 is 2.59 bits per heavy atom. The molecule has 0 spiro atoms. The van der Waals surface area contributed by atoms with Crippen LogP contribution < -0.4 is 10.2 Å². The van der Waals surface area contributed by atoms with Gasteiger partial charge in [-0.3, -0.25) is 19.5 Å². The minimum atomic E-state index is -0.0558. The van der Waals surface area contributed by atoms with E-state index in [1.165, 1.54) is 30.4 Å². The van der Waals surface area contributed by atoms with Crippen LogP contribution in [-0.4, -0.2) is 74.0 Å². The van der Waals surface area contributed by atoms with Crippen LogP contribution in [0.1, 0.15) is 40.7 Å². The van der Waals surface area contributed by atoms with Gasteiger partial charge in [0.1, 0.15) is 6.54 Å². The number of amides is 2. The summed E-state index contributed by atoms with van der Waals surface area (Å²) in [5.41, 5.74) is 3.18. The number of carbonyl (C=O) groups is 2. The fourth-order valence-electron chi connectivity index (χ4n) is 4.54. The van der Waals surface area contributed by atoms with E-state index in [0.29, 0.717) is 18.0 Å². The van der Waals surface area contributed by atoms with Crippen LogP contribution in [0.4, 0.5) is 0 Å². The molecule has 1 aromatic rings. The molecule has 1 saturated heterocycles. The summed E-state index contributed by atoms with van der Waals surface area (Å²) >= 11 is 0. The summed E-state index contributed by atoms with van der Waals surface area (Å²) in [4.78, 5) is 30.6. The highest BCUT2D eigenvalue weighted by atomic mass is 16.2. The average molecular weight is 372 g/mol. The lowest BCUT2D eigenvalue weighted by molar-refractivity contribution is -0.826. The van der Waals surface area contributed by atoms with Crippen LogP contribution >= 0.6 is 0 Å². The van der Waals surface area contributed by atoms with Gasteiger partial charge in [-0.05, 0) is 42.5 Å². The molecule has 2 heterocycles. The van der Waals surface area contributed by atoms with Crippen molar-refractivity contribution in [2.24, 2.45) is 0 Å². The second-order valence-corrected chi connectivity index (χ2v) is 8.17. The highest BCUT2D eigenvalue weighted by molar-refractivity contribution is 5.94. The first-order valence-corrected chi connectivity index (χ1v) is 10.3. The number of carbonyl (C=O) groups excluding carboxylic acids is 2. The van der Waals surface area contributed by atoms with Crippen LogP contribution in [0.25, 0.3) is 0 Å². The van der Waals surface area contributed by atoms with Gasteiger partial charge in [0.15, 0.2) is 0 Å². The normalized spacial score (nSPS) is 22.1. The van der Waals surface area contributed by atoms with E-state index in [9.17, 15) is 9.59 Å². The van der Waals surface area contributed by atoms with Crippen molar-refractivity contribution in [2.75, 3.05) is 46.3 Å². The predicted octanol–water partition coefficient (Wildman–Crippen LogP) is -0.316. The van der Waals surface area contributed by atoms with E-state index in [4.69, 9.17) is 0 Å². The van der Waals surface area contributed by atoms with Gasteiger partial charge in [-0.1, -0.05) is 12.5 Å². The van der Waals surface area contributed by atoms with Crippen LogP contribution in [0.15, 0.2) is 18.2 Å². The van der Waals surface area contributed by atoms with Gasteiger partial charge in [0, 0.05) is 44.8 Å². The lowest BCUT2D eigenvalue weighted by Crippen LogP contribution is -3.18. The Kier molecular flexibility index (Phi) is 5.57. The number of rotatable bonds is 4. The number of quaternary nitrogens is 1. The first kappa shape index (κ1) is 18.6. The Balaban J connectivity index is 1.31. The van der Waals surface area contributed by atoms with E-state index in [1.807, 2.05) is 12.1 Å². The molecule has 2 N–H and O–H groups in total. The van der Waals surface area contributed by atoms with Gasteiger partial charge in [0.05, 0.1) is 13.1 Å². The Morgan fingerprint density at radius 1 is 1.15 bits per heavy atom. The summed E-state index contributed by atoms with van der Waals surface area (Å²) in [5, 5.41) is 2.68. The molecule has 0 atom stereocenters. The molecule has 146 valence electrons. The van der Waals surface area contributed by atoms with Crippen molar-refractivity contribution in [3.63, 3.8) is 0 Å². The Morgan fingerprint density at radius 2 is 1.93 bits per heavy atom. The second-order valence-electron chi connectivity index (χ2n) is 8.17. The number of hydrogen-bond acceptors (Lipinski definition) is 4. The monoisotopic (exact) mass is 371 g/mol. The highest BCUT2D eigenvalue weighted by Crippen LogP contribution is 2.24. The molecule has 2 aliphatic heterocycles. The van der Waals surface area contributed by atoms with E-state index in [1.54, 1.807) is 7.05 Å². The standard InChI is InChI=1S/C21H30N4O2/c1-22-21(27)17-6-5-16-7-8-23(14-18(16)13-17)15-20(26)25-11-9-24(10-12-25)19-3-2-4-19/h5-6,13,19H,2-4,7-12,14-15H2,1H3,(H,22,27)/p+1. The summed E-state index contributed by atoms with van der Waals surface area (Å²) in [7, 11) is 1.65. The Labute approximate surface area is 161 Å². The molecule has 27 heavy (non-hydrogen) atoms. The zero-order chi connectivity index (χ0) is 18.8. The zero-order valence-electron chi connectivity index (χ0n) is 16.3. The number of hydrogen-bond donors (Lipinski definition) is 2. The van der Waals surface area contributed by atoms with E-state index >= 15 is 0 Å². The van der Waals surface area contributed by atoms with Crippen molar-refractivity contribution in [3.8, 4) is 0 Å². The fourth-order valence-corrected chi connectivity index (χ4v) is 4.54. The minimum absolute atomic E-state index is 0.0558. The molecule has 1 saturated carbocycles. The van der Waals surface area contributed by atoms with Crippen LogP contribution in [0, 0.1) is 0 Å². The molecule has 6 heteroatoms. The van der Waals surface area contributed by atoms with E-state index in [-0.39, 0.29) is 5.91 Å². The van der Waals surface area contributed by atoms with Crippen molar-refractivity contribution in [3.05, 3.63) is 34.9 Å². The van der Waals surface area contributed by atoms with Gasteiger partial charge >= 0.3 is 5.91 Å². The molecule has 1 aliphatic carbocycles. The lowest BCUT2D eigenvalue weighted by Gasteiger charge is -2.41. The number of nitrogens with one attached hydrogen (secondary N) is 2. The van der Waals surface area contributed by atoms with Crippen molar-refractivity contribution in [1.82, 2.24) is 15.1 Å². The molecule has 4 rings (SSSR count). The van der Waals surface area contributed by atoms with Crippen molar-refractivity contribution >= 4 is 11.8 Å². The number of piperazine rings is 1. The first-order valence-electron chi connectivity index (χ1n) is 10.3. The van der Waals surface area contributed by atoms with Crippen LogP contribution in [0.2, 0.25) is 0 Å². The quantitative estimate of drug-likeness (QED) is 0.762.